The molecule has 0 fully saturated rings. The first-order valence-corrected chi connectivity index (χ1v) is 7.46. The van der Waals surface area contributed by atoms with Crippen LogP contribution in [0.2, 0.25) is 0 Å². The fourth-order valence-electron chi connectivity index (χ4n) is 2.83. The second-order valence-electron chi connectivity index (χ2n) is 5.36. The van der Waals surface area contributed by atoms with E-state index in [1.165, 1.54) is 11.1 Å². The highest BCUT2D eigenvalue weighted by molar-refractivity contribution is 5.31. The fourth-order valence-corrected chi connectivity index (χ4v) is 2.83. The van der Waals surface area contributed by atoms with Crippen molar-refractivity contribution in [2.75, 3.05) is 13.1 Å². The van der Waals surface area contributed by atoms with E-state index in [2.05, 4.69) is 46.6 Å². The quantitative estimate of drug-likeness (QED) is 0.849. The molecule has 0 aliphatic heterocycles. The van der Waals surface area contributed by atoms with Gasteiger partial charge in [0.1, 0.15) is 0 Å². The predicted molar refractivity (Wildman–Crippen MR) is 77.8 cm³/mol. The Morgan fingerprint density at radius 1 is 1.30 bits per heavy atom. The molecule has 1 aromatic carbocycles. The molecule has 4 heteroatoms. The van der Waals surface area contributed by atoms with Gasteiger partial charge in [-0.25, -0.2) is 0 Å². The summed E-state index contributed by atoms with van der Waals surface area (Å²) in [6.45, 7) is 3.96. The maximum absolute atomic E-state index is 5.35. The summed E-state index contributed by atoms with van der Waals surface area (Å²) in [6, 6.07) is 8.67. The molecule has 2 aromatic rings. The number of fused-ring (bicyclic) bond motifs is 1. The average Bonchev–Trinajstić information content (AvgIpc) is 2.96. The number of hydrogen-bond acceptors (Lipinski definition) is 4. The molecule has 4 nitrogen and oxygen atoms in total. The zero-order valence-corrected chi connectivity index (χ0v) is 11.9. The van der Waals surface area contributed by atoms with Gasteiger partial charge in [0, 0.05) is 18.9 Å². The molecule has 1 atom stereocenters. The monoisotopic (exact) mass is 271 g/mol. The molecule has 0 spiro atoms. The standard InChI is InChI=1S/C16H21N3O/c1-2-17-10-9-15-18-16(19-20-15)14-8-7-12-5-3-4-6-13(12)11-14/h3-6,14,17H,2,7-11H2,1H3. The lowest BCUT2D eigenvalue weighted by Crippen LogP contribution is -2.16. The van der Waals surface area contributed by atoms with Gasteiger partial charge in [-0.15, -0.1) is 0 Å². The molecule has 1 aliphatic carbocycles. The lowest BCUT2D eigenvalue weighted by atomic mass is 9.83. The molecule has 1 aromatic heterocycles. The molecule has 3 rings (SSSR count). The van der Waals surface area contributed by atoms with Gasteiger partial charge in [-0.2, -0.15) is 4.98 Å². The van der Waals surface area contributed by atoms with Gasteiger partial charge in [-0.1, -0.05) is 36.3 Å². The Morgan fingerprint density at radius 3 is 3.00 bits per heavy atom. The van der Waals surface area contributed by atoms with E-state index in [9.17, 15) is 0 Å². The average molecular weight is 271 g/mol. The van der Waals surface area contributed by atoms with Crippen molar-refractivity contribution >= 4 is 0 Å². The molecule has 1 unspecified atom stereocenters. The summed E-state index contributed by atoms with van der Waals surface area (Å²) < 4.78 is 5.35. The molecule has 20 heavy (non-hydrogen) atoms. The third kappa shape index (κ3) is 2.90. The van der Waals surface area contributed by atoms with Gasteiger partial charge in [0.25, 0.3) is 0 Å². The maximum atomic E-state index is 5.35. The fraction of sp³-hybridized carbons (Fsp3) is 0.500. The molecule has 0 bridgehead atoms. The lowest BCUT2D eigenvalue weighted by molar-refractivity contribution is 0.365. The summed E-state index contributed by atoms with van der Waals surface area (Å²) in [4.78, 5) is 4.56. The van der Waals surface area contributed by atoms with E-state index in [0.717, 1.165) is 50.5 Å². The topological polar surface area (TPSA) is 51.0 Å². The van der Waals surface area contributed by atoms with Gasteiger partial charge in [0.15, 0.2) is 5.82 Å². The van der Waals surface area contributed by atoms with E-state index in [1.54, 1.807) is 0 Å². The largest absolute Gasteiger partial charge is 0.339 e. The van der Waals surface area contributed by atoms with Crippen LogP contribution in [0.3, 0.4) is 0 Å². The van der Waals surface area contributed by atoms with E-state index in [1.807, 2.05) is 0 Å². The van der Waals surface area contributed by atoms with E-state index in [0.29, 0.717) is 5.92 Å². The van der Waals surface area contributed by atoms with Crippen LogP contribution in [-0.4, -0.2) is 23.2 Å². The minimum Gasteiger partial charge on any atom is -0.339 e. The number of nitrogens with one attached hydrogen (secondary N) is 1. The summed E-state index contributed by atoms with van der Waals surface area (Å²) in [6.07, 6.45) is 4.07. The number of rotatable bonds is 5. The molecule has 0 radical (unpaired) electrons. The second kappa shape index (κ2) is 6.18. The summed E-state index contributed by atoms with van der Waals surface area (Å²) in [5, 5.41) is 7.45. The molecule has 1 aliphatic rings. The highest BCUT2D eigenvalue weighted by Crippen LogP contribution is 2.31. The molecule has 0 amide bonds. The van der Waals surface area contributed by atoms with Crippen molar-refractivity contribution < 1.29 is 4.52 Å². The highest BCUT2D eigenvalue weighted by Gasteiger charge is 2.23. The summed E-state index contributed by atoms with van der Waals surface area (Å²) in [7, 11) is 0. The van der Waals surface area contributed by atoms with Crippen molar-refractivity contribution in [1.29, 1.82) is 0 Å². The Bertz CT molecular complexity index is 564. The Hall–Kier alpha value is -1.68. The number of nitrogens with zero attached hydrogens (tertiary/aromatic N) is 2. The summed E-state index contributed by atoms with van der Waals surface area (Å²) in [5.41, 5.74) is 2.90. The van der Waals surface area contributed by atoms with Crippen LogP contribution >= 0.6 is 0 Å². The van der Waals surface area contributed by atoms with Crippen LogP contribution in [0.4, 0.5) is 0 Å². The number of likely N-dealkylation sites (N-methyl/N-ethyl adjacent to an activating group) is 1. The molecular weight excluding hydrogens is 250 g/mol. The van der Waals surface area contributed by atoms with E-state index >= 15 is 0 Å². The second-order valence-corrected chi connectivity index (χ2v) is 5.36. The summed E-state index contributed by atoms with van der Waals surface area (Å²) >= 11 is 0. The smallest absolute Gasteiger partial charge is 0.227 e. The lowest BCUT2D eigenvalue weighted by Gasteiger charge is -2.21. The Balaban J connectivity index is 1.66. The van der Waals surface area contributed by atoms with E-state index in [-0.39, 0.29) is 0 Å². The van der Waals surface area contributed by atoms with Crippen LogP contribution in [0.15, 0.2) is 28.8 Å². The van der Waals surface area contributed by atoms with E-state index < -0.39 is 0 Å². The van der Waals surface area contributed by atoms with Crippen LogP contribution in [0.5, 0.6) is 0 Å². The number of benzene rings is 1. The Kier molecular flexibility index (Phi) is 4.11. The third-order valence-electron chi connectivity index (χ3n) is 3.96. The molecule has 1 N–H and O–H groups in total. The zero-order valence-electron chi connectivity index (χ0n) is 11.9. The van der Waals surface area contributed by atoms with Crippen LogP contribution in [0.1, 0.15) is 42.1 Å². The van der Waals surface area contributed by atoms with Gasteiger partial charge in [-0.3, -0.25) is 0 Å². The first-order valence-electron chi connectivity index (χ1n) is 7.46. The third-order valence-corrected chi connectivity index (χ3v) is 3.96. The number of hydrogen-bond donors (Lipinski definition) is 1. The normalized spacial score (nSPS) is 17.9. The molecular formula is C16H21N3O. The van der Waals surface area contributed by atoms with Crippen molar-refractivity contribution in [3.8, 4) is 0 Å². The number of aryl methyl sites for hydroxylation is 1. The van der Waals surface area contributed by atoms with Crippen LogP contribution in [-0.2, 0) is 19.3 Å². The van der Waals surface area contributed by atoms with Crippen LogP contribution in [0, 0.1) is 0 Å². The predicted octanol–water partition coefficient (Wildman–Crippen LogP) is 2.49. The van der Waals surface area contributed by atoms with Crippen molar-refractivity contribution in [3.05, 3.63) is 47.1 Å². The number of aromatic nitrogens is 2. The van der Waals surface area contributed by atoms with Gasteiger partial charge in [0.05, 0.1) is 0 Å². The van der Waals surface area contributed by atoms with Crippen LogP contribution in [0.25, 0.3) is 0 Å². The zero-order chi connectivity index (χ0) is 13.8. The van der Waals surface area contributed by atoms with Crippen LogP contribution < -0.4 is 5.32 Å². The minimum atomic E-state index is 0.404. The maximum Gasteiger partial charge on any atom is 0.227 e. The van der Waals surface area contributed by atoms with Crippen molar-refractivity contribution in [3.63, 3.8) is 0 Å². The van der Waals surface area contributed by atoms with Gasteiger partial charge < -0.3 is 9.84 Å². The molecule has 1 heterocycles. The first-order chi connectivity index (χ1) is 9.86. The van der Waals surface area contributed by atoms with Gasteiger partial charge in [0.2, 0.25) is 5.89 Å². The van der Waals surface area contributed by atoms with E-state index in [4.69, 9.17) is 4.52 Å². The van der Waals surface area contributed by atoms with Gasteiger partial charge in [-0.05, 0) is 36.9 Å². The van der Waals surface area contributed by atoms with Crippen molar-refractivity contribution in [1.82, 2.24) is 15.5 Å². The molecule has 106 valence electrons. The molecule has 0 saturated carbocycles. The molecule has 0 saturated heterocycles. The SMILES string of the molecule is CCNCCc1nc(C2CCc3ccccc3C2)no1. The Morgan fingerprint density at radius 2 is 2.15 bits per heavy atom. The Labute approximate surface area is 119 Å². The van der Waals surface area contributed by atoms with Crippen molar-refractivity contribution in [2.24, 2.45) is 0 Å². The highest BCUT2D eigenvalue weighted by atomic mass is 16.5. The van der Waals surface area contributed by atoms with Gasteiger partial charge >= 0.3 is 0 Å². The van der Waals surface area contributed by atoms with Crippen molar-refractivity contribution in [2.45, 2.75) is 38.5 Å². The summed E-state index contributed by atoms with van der Waals surface area (Å²) in [5.74, 6) is 2.03. The first kappa shape index (κ1) is 13.3. The minimum absolute atomic E-state index is 0.404.